The van der Waals surface area contributed by atoms with Gasteiger partial charge in [-0.2, -0.15) is 0 Å². The highest BCUT2D eigenvalue weighted by molar-refractivity contribution is 5.93. The zero-order valence-corrected chi connectivity index (χ0v) is 16.8. The van der Waals surface area contributed by atoms with Gasteiger partial charge in [0, 0.05) is 0 Å². The average molecular weight is 406 g/mol. The number of carbonyl (C=O) groups is 2. The Balaban J connectivity index is 1.54. The van der Waals surface area contributed by atoms with Crippen molar-refractivity contribution in [1.82, 2.24) is 0 Å². The second-order valence-corrected chi connectivity index (χ2v) is 6.37. The topological polar surface area (TPSA) is 71.1 Å². The fraction of sp³-hybridized carbons (Fsp3) is 0.167. The number of carbonyl (C=O) groups excluding carboxylic acids is 2. The van der Waals surface area contributed by atoms with Crippen LogP contribution in [0.15, 0.2) is 72.8 Å². The first-order chi connectivity index (χ1) is 14.6. The lowest BCUT2D eigenvalue weighted by molar-refractivity contribution is 0.0456. The lowest BCUT2D eigenvalue weighted by atomic mass is 10.1. The summed E-state index contributed by atoms with van der Waals surface area (Å²) in [6.45, 7) is 0.246. The SMILES string of the molecule is COc1ccccc1C(=O)OCc1ccc(COC(=O)c2ccccc2OC)cc1. The summed E-state index contributed by atoms with van der Waals surface area (Å²) in [4.78, 5) is 24.5. The summed E-state index contributed by atoms with van der Waals surface area (Å²) >= 11 is 0. The van der Waals surface area contributed by atoms with Crippen molar-refractivity contribution < 1.29 is 28.5 Å². The molecule has 0 amide bonds. The minimum absolute atomic E-state index is 0.123. The molecule has 6 nitrogen and oxygen atoms in total. The lowest BCUT2D eigenvalue weighted by Gasteiger charge is -2.10. The van der Waals surface area contributed by atoms with Gasteiger partial charge in [0.05, 0.1) is 14.2 Å². The molecule has 0 saturated heterocycles. The predicted molar refractivity (Wildman–Crippen MR) is 111 cm³/mol. The highest BCUT2D eigenvalue weighted by Gasteiger charge is 2.14. The smallest absolute Gasteiger partial charge is 0.342 e. The van der Waals surface area contributed by atoms with E-state index in [-0.39, 0.29) is 13.2 Å². The molecule has 0 heterocycles. The van der Waals surface area contributed by atoms with Crippen LogP contribution in [0.1, 0.15) is 31.8 Å². The summed E-state index contributed by atoms with van der Waals surface area (Å²) in [5.74, 6) is 0.0222. The van der Waals surface area contributed by atoms with Crippen LogP contribution >= 0.6 is 0 Å². The average Bonchev–Trinajstić information content (AvgIpc) is 2.81. The van der Waals surface area contributed by atoms with Gasteiger partial charge in [0.1, 0.15) is 35.8 Å². The molecule has 0 fully saturated rings. The van der Waals surface area contributed by atoms with E-state index in [1.807, 2.05) is 24.3 Å². The maximum atomic E-state index is 12.3. The zero-order chi connectivity index (χ0) is 21.3. The Kier molecular flexibility index (Phi) is 7.05. The molecule has 3 aromatic carbocycles. The van der Waals surface area contributed by atoms with E-state index in [0.29, 0.717) is 22.6 Å². The molecular weight excluding hydrogens is 384 g/mol. The van der Waals surface area contributed by atoms with Crippen LogP contribution in [-0.2, 0) is 22.7 Å². The monoisotopic (exact) mass is 406 g/mol. The number of ether oxygens (including phenoxy) is 4. The summed E-state index contributed by atoms with van der Waals surface area (Å²) in [5, 5.41) is 0. The van der Waals surface area contributed by atoms with E-state index < -0.39 is 11.9 Å². The van der Waals surface area contributed by atoms with Crippen molar-refractivity contribution in [3.8, 4) is 11.5 Å². The Morgan fingerprint density at radius 3 is 1.33 bits per heavy atom. The summed E-state index contributed by atoms with van der Waals surface area (Å²) in [5.41, 5.74) is 2.39. The van der Waals surface area contributed by atoms with Crippen LogP contribution in [0, 0.1) is 0 Å². The van der Waals surface area contributed by atoms with Gasteiger partial charge in [-0.05, 0) is 35.4 Å². The van der Waals surface area contributed by atoms with Crippen LogP contribution in [0.2, 0.25) is 0 Å². The minimum atomic E-state index is -0.456. The standard InChI is InChI=1S/C24H22O6/c1-27-21-9-5-3-7-19(21)23(25)29-15-17-11-13-18(14-12-17)16-30-24(26)20-8-4-6-10-22(20)28-2/h3-14H,15-16H2,1-2H3. The number of esters is 2. The molecule has 0 aromatic heterocycles. The molecule has 0 aliphatic heterocycles. The molecule has 0 atom stereocenters. The minimum Gasteiger partial charge on any atom is -0.496 e. The molecule has 0 aliphatic rings. The maximum absolute atomic E-state index is 12.3. The molecule has 0 radical (unpaired) electrons. The molecule has 30 heavy (non-hydrogen) atoms. The normalized spacial score (nSPS) is 10.2. The molecule has 6 heteroatoms. The fourth-order valence-electron chi connectivity index (χ4n) is 2.81. The lowest BCUT2D eigenvalue weighted by Crippen LogP contribution is -2.08. The summed E-state index contributed by atoms with van der Waals surface area (Å²) in [6, 6.07) is 21.1. The molecule has 0 aliphatic carbocycles. The molecule has 0 bridgehead atoms. The van der Waals surface area contributed by atoms with E-state index in [4.69, 9.17) is 18.9 Å². The van der Waals surface area contributed by atoms with Gasteiger partial charge in [-0.25, -0.2) is 9.59 Å². The first kappa shape index (κ1) is 20.9. The van der Waals surface area contributed by atoms with Crippen molar-refractivity contribution in [3.05, 3.63) is 95.1 Å². The van der Waals surface area contributed by atoms with Crippen molar-refractivity contribution in [2.24, 2.45) is 0 Å². The Morgan fingerprint density at radius 1 is 0.600 bits per heavy atom. The van der Waals surface area contributed by atoms with E-state index in [9.17, 15) is 9.59 Å². The zero-order valence-electron chi connectivity index (χ0n) is 16.8. The first-order valence-corrected chi connectivity index (χ1v) is 9.30. The van der Waals surface area contributed by atoms with Gasteiger partial charge in [0.2, 0.25) is 0 Å². The Bertz CT molecular complexity index is 928. The van der Waals surface area contributed by atoms with Crippen LogP contribution in [0.4, 0.5) is 0 Å². The molecular formula is C24H22O6. The predicted octanol–water partition coefficient (Wildman–Crippen LogP) is 4.42. The second kappa shape index (κ2) is 10.1. The van der Waals surface area contributed by atoms with Crippen molar-refractivity contribution in [2.75, 3.05) is 14.2 Å². The Labute approximate surface area is 175 Å². The fourth-order valence-corrected chi connectivity index (χ4v) is 2.81. The molecule has 3 rings (SSSR count). The summed E-state index contributed by atoms with van der Waals surface area (Å²) < 4.78 is 21.1. The third kappa shape index (κ3) is 5.17. The van der Waals surface area contributed by atoms with Crippen LogP contribution in [-0.4, -0.2) is 26.2 Å². The third-order valence-electron chi connectivity index (χ3n) is 4.42. The number of rotatable bonds is 8. The molecule has 0 unspecified atom stereocenters. The van der Waals surface area contributed by atoms with Crippen molar-refractivity contribution in [1.29, 1.82) is 0 Å². The van der Waals surface area contributed by atoms with Gasteiger partial charge in [0.25, 0.3) is 0 Å². The molecule has 0 spiro atoms. The highest BCUT2D eigenvalue weighted by Crippen LogP contribution is 2.20. The number of benzene rings is 3. The van der Waals surface area contributed by atoms with E-state index >= 15 is 0 Å². The van der Waals surface area contributed by atoms with Gasteiger partial charge in [0.15, 0.2) is 0 Å². The van der Waals surface area contributed by atoms with Gasteiger partial charge >= 0.3 is 11.9 Å². The number of methoxy groups -OCH3 is 2. The molecule has 3 aromatic rings. The number of hydrogen-bond donors (Lipinski definition) is 0. The van der Waals surface area contributed by atoms with Gasteiger partial charge in [-0.3, -0.25) is 0 Å². The van der Waals surface area contributed by atoms with E-state index in [1.165, 1.54) is 14.2 Å². The van der Waals surface area contributed by atoms with E-state index in [2.05, 4.69) is 0 Å². The number of hydrogen-bond acceptors (Lipinski definition) is 6. The molecule has 154 valence electrons. The van der Waals surface area contributed by atoms with Crippen LogP contribution in [0.3, 0.4) is 0 Å². The van der Waals surface area contributed by atoms with Crippen molar-refractivity contribution in [2.45, 2.75) is 13.2 Å². The summed E-state index contributed by atoms with van der Waals surface area (Å²) in [7, 11) is 3.01. The van der Waals surface area contributed by atoms with Crippen LogP contribution in [0.5, 0.6) is 11.5 Å². The second-order valence-electron chi connectivity index (χ2n) is 6.37. The first-order valence-electron chi connectivity index (χ1n) is 9.30. The van der Waals surface area contributed by atoms with Crippen LogP contribution in [0.25, 0.3) is 0 Å². The van der Waals surface area contributed by atoms with E-state index in [1.54, 1.807) is 48.5 Å². The highest BCUT2D eigenvalue weighted by atomic mass is 16.5. The third-order valence-corrected chi connectivity index (χ3v) is 4.42. The van der Waals surface area contributed by atoms with Gasteiger partial charge in [-0.1, -0.05) is 48.5 Å². The van der Waals surface area contributed by atoms with E-state index in [0.717, 1.165) is 11.1 Å². The Hall–Kier alpha value is -3.80. The quantitative estimate of drug-likeness (QED) is 0.516. The van der Waals surface area contributed by atoms with Crippen LogP contribution < -0.4 is 9.47 Å². The largest absolute Gasteiger partial charge is 0.496 e. The summed E-state index contributed by atoms with van der Waals surface area (Å²) in [6.07, 6.45) is 0. The van der Waals surface area contributed by atoms with Crippen molar-refractivity contribution >= 4 is 11.9 Å². The maximum Gasteiger partial charge on any atom is 0.342 e. The van der Waals surface area contributed by atoms with Crippen molar-refractivity contribution in [3.63, 3.8) is 0 Å². The number of para-hydroxylation sites is 2. The molecule has 0 saturated carbocycles. The Morgan fingerprint density at radius 2 is 0.967 bits per heavy atom. The molecule has 0 N–H and O–H groups in total. The van der Waals surface area contributed by atoms with Gasteiger partial charge in [-0.15, -0.1) is 0 Å². The van der Waals surface area contributed by atoms with Gasteiger partial charge < -0.3 is 18.9 Å².